The Balaban J connectivity index is 1.66. The number of benzene rings is 2. The summed E-state index contributed by atoms with van der Waals surface area (Å²) in [5.74, 6) is -14.6. The summed E-state index contributed by atoms with van der Waals surface area (Å²) < 4.78 is 31.7. The number of carboxylic acid groups (broad SMARTS) is 2. The number of hydrogen-bond acceptors (Lipinski definition) is 13. The number of aliphatic carboxylic acids is 2. The van der Waals surface area contributed by atoms with Crippen LogP contribution in [0.3, 0.4) is 0 Å². The number of Topliss-reactive ketones (excluding diaryl/α,β-unsaturated/α-hetero) is 1. The Labute approximate surface area is 452 Å². The van der Waals surface area contributed by atoms with E-state index in [1.807, 2.05) is 12.1 Å². The molecule has 1 aromatic heterocycles. The third-order valence-corrected chi connectivity index (χ3v) is 12.5. The molecule has 426 valence electrons. The minimum atomic E-state index is -1.82. The van der Waals surface area contributed by atoms with Gasteiger partial charge < -0.3 is 57.1 Å². The van der Waals surface area contributed by atoms with Gasteiger partial charge in [-0.1, -0.05) is 58.0 Å². The molecule has 26 heteroatoms. The van der Waals surface area contributed by atoms with Crippen LogP contribution in [-0.2, 0) is 64.1 Å². The summed E-state index contributed by atoms with van der Waals surface area (Å²) in [4.78, 5) is 155. The van der Waals surface area contributed by atoms with Crippen molar-refractivity contribution >= 4 is 70.9 Å². The molecule has 0 aliphatic carbocycles. The quantitative estimate of drug-likeness (QED) is 0.0413. The van der Waals surface area contributed by atoms with Crippen LogP contribution in [-0.4, -0.2) is 151 Å². The summed E-state index contributed by atoms with van der Waals surface area (Å²) >= 11 is 0. The highest BCUT2D eigenvalue weighted by Crippen LogP contribution is 2.41. The van der Waals surface area contributed by atoms with Gasteiger partial charge in [-0.05, 0) is 55.0 Å². The van der Waals surface area contributed by atoms with E-state index >= 15 is 4.39 Å². The number of amides is 9. The van der Waals surface area contributed by atoms with Gasteiger partial charge in [0.15, 0.2) is 5.78 Å². The second-order valence-electron chi connectivity index (χ2n) is 19.9. The number of carboxylic acids is 2. The molecule has 6 atom stereocenters. The van der Waals surface area contributed by atoms with Gasteiger partial charge in [0.05, 0.1) is 18.5 Å². The smallest absolute Gasteiger partial charge is 0.326 e. The average Bonchev–Trinajstić information content (AvgIpc) is 4.03. The maximum absolute atomic E-state index is 15.4. The van der Waals surface area contributed by atoms with Crippen LogP contribution in [0.4, 0.5) is 8.78 Å². The number of primary amides is 1. The van der Waals surface area contributed by atoms with Gasteiger partial charge in [0.25, 0.3) is 11.8 Å². The maximum Gasteiger partial charge on any atom is 0.326 e. The Kier molecular flexibility index (Phi) is 22.8. The van der Waals surface area contributed by atoms with Gasteiger partial charge in [-0.25, -0.2) is 13.6 Å². The number of aliphatic hydroxyl groups excluding tert-OH is 1. The fourth-order valence-corrected chi connectivity index (χ4v) is 8.52. The summed E-state index contributed by atoms with van der Waals surface area (Å²) in [6, 6.07) is 6.09. The number of aliphatic hydroxyl groups is 1. The van der Waals surface area contributed by atoms with E-state index in [-0.39, 0.29) is 17.7 Å². The lowest BCUT2D eigenvalue weighted by Crippen LogP contribution is -2.56. The first-order valence-corrected chi connectivity index (χ1v) is 25.0. The van der Waals surface area contributed by atoms with E-state index in [2.05, 4.69) is 26.6 Å². The highest BCUT2D eigenvalue weighted by atomic mass is 19.1. The predicted octanol–water partition coefficient (Wildman–Crippen LogP) is 0.590. The van der Waals surface area contributed by atoms with Crippen molar-refractivity contribution in [2.45, 2.75) is 110 Å². The van der Waals surface area contributed by atoms with Crippen molar-refractivity contribution in [3.8, 4) is 11.1 Å². The molecule has 2 heterocycles. The topological polar surface area (TPSA) is 363 Å². The van der Waals surface area contributed by atoms with Crippen molar-refractivity contribution in [2.75, 3.05) is 26.2 Å². The average molecular weight is 1110 g/mol. The Morgan fingerprint density at radius 2 is 1.39 bits per heavy atom. The number of halogens is 2. The zero-order chi connectivity index (χ0) is 58.9. The molecule has 2 aromatic carbocycles. The van der Waals surface area contributed by atoms with Gasteiger partial charge in [-0.2, -0.15) is 0 Å². The number of carbonyl (C=O) groups is 12. The fraction of sp³-hybridized carbons (Fsp3) is 0.434. The Hall–Kier alpha value is -8.68. The summed E-state index contributed by atoms with van der Waals surface area (Å²) in [7, 11) is 0. The van der Waals surface area contributed by atoms with E-state index in [0.29, 0.717) is 10.6 Å². The van der Waals surface area contributed by atoms with Crippen molar-refractivity contribution in [3.63, 3.8) is 0 Å². The number of rotatable bonds is 30. The maximum atomic E-state index is 15.4. The highest BCUT2D eigenvalue weighted by molar-refractivity contribution is 6.14. The van der Waals surface area contributed by atoms with E-state index in [1.165, 1.54) is 18.7 Å². The molecule has 0 spiro atoms. The van der Waals surface area contributed by atoms with Crippen molar-refractivity contribution in [1.29, 1.82) is 0 Å². The van der Waals surface area contributed by atoms with E-state index in [0.717, 1.165) is 35.9 Å². The van der Waals surface area contributed by atoms with Crippen LogP contribution in [0.1, 0.15) is 90.4 Å². The standard InChI is InChI=1S/C53H65F2N9O15/c1-29(21-40(66)30(2)58-43(69)27-64-44(70)14-15-45(64)71)49(75)61-38(24-41(56)67)51(77)60-36(50(76)57-19-17-42(68)59-37(52(78)79)13-16-47(73)74)18-20-63(46(72)28-65)48(53(3,4)5)39-22-32(34-23-33(54)11-12-35(34)55)26-62(39)25-31-9-7-6-8-10-31/h6-12,14-15,22-23,26,29-30,36-38,48,65H,13,16-21,24-25,27-28H2,1-5H3,(H2,56,67)(H,57,76)(H,58,69)(H,59,68)(H,60,77)(H,61,75)(H,73,74)(H,78,79)/t29-,30+,36+,37+,38+,48+/m1/s1. The molecule has 9 amide bonds. The Morgan fingerprint density at radius 3 is 1.99 bits per heavy atom. The van der Waals surface area contributed by atoms with Crippen LogP contribution < -0.4 is 32.3 Å². The molecule has 0 saturated heterocycles. The molecule has 0 bridgehead atoms. The van der Waals surface area contributed by atoms with E-state index in [1.54, 1.807) is 55.8 Å². The number of nitrogens with one attached hydrogen (secondary N) is 5. The van der Waals surface area contributed by atoms with Crippen LogP contribution in [0.15, 0.2) is 72.9 Å². The van der Waals surface area contributed by atoms with Crippen LogP contribution in [0.5, 0.6) is 0 Å². The number of hydrogen-bond donors (Lipinski definition) is 9. The van der Waals surface area contributed by atoms with Crippen LogP contribution in [0.2, 0.25) is 0 Å². The molecule has 79 heavy (non-hydrogen) atoms. The number of nitrogens with zero attached hydrogens (tertiary/aromatic N) is 3. The van der Waals surface area contributed by atoms with Crippen molar-refractivity contribution in [3.05, 3.63) is 95.8 Å². The van der Waals surface area contributed by atoms with Gasteiger partial charge in [-0.15, -0.1) is 0 Å². The highest BCUT2D eigenvalue weighted by Gasteiger charge is 2.39. The van der Waals surface area contributed by atoms with Crippen molar-refractivity contribution in [1.82, 2.24) is 41.0 Å². The number of nitrogens with two attached hydrogens (primary N) is 1. The second-order valence-corrected chi connectivity index (χ2v) is 19.9. The van der Waals surface area contributed by atoms with Gasteiger partial charge in [-0.3, -0.25) is 57.6 Å². The first-order valence-electron chi connectivity index (χ1n) is 25.0. The molecule has 3 aromatic rings. The molecular weight excluding hydrogens is 1040 g/mol. The molecule has 4 rings (SSSR count). The first kappa shape index (κ1) is 62.9. The molecule has 1 aliphatic heterocycles. The van der Waals surface area contributed by atoms with E-state index in [9.17, 15) is 72.1 Å². The molecule has 1 aliphatic rings. The van der Waals surface area contributed by atoms with E-state index < -0.39 is 189 Å². The van der Waals surface area contributed by atoms with Crippen LogP contribution in [0.25, 0.3) is 11.1 Å². The molecule has 0 fully saturated rings. The second kappa shape index (κ2) is 28.6. The summed E-state index contributed by atoms with van der Waals surface area (Å²) in [5, 5.41) is 40.7. The third kappa shape index (κ3) is 18.8. The van der Waals surface area contributed by atoms with Gasteiger partial charge in [0, 0.05) is 80.0 Å². The summed E-state index contributed by atoms with van der Waals surface area (Å²) in [6.45, 7) is 5.29. The van der Waals surface area contributed by atoms with Gasteiger partial charge in [0.1, 0.15) is 42.9 Å². The minimum absolute atomic E-state index is 0.102. The largest absolute Gasteiger partial charge is 0.481 e. The van der Waals surface area contributed by atoms with Crippen molar-refractivity contribution in [2.24, 2.45) is 17.1 Å². The number of carbonyl (C=O) groups excluding carboxylic acids is 10. The van der Waals surface area contributed by atoms with E-state index in [4.69, 9.17) is 10.8 Å². The molecule has 0 saturated carbocycles. The zero-order valence-electron chi connectivity index (χ0n) is 44.1. The van der Waals surface area contributed by atoms with Gasteiger partial charge in [0.2, 0.25) is 41.4 Å². The predicted molar refractivity (Wildman–Crippen MR) is 275 cm³/mol. The lowest BCUT2D eigenvalue weighted by molar-refractivity contribution is -0.143. The monoisotopic (exact) mass is 1110 g/mol. The molecule has 24 nitrogen and oxygen atoms in total. The van der Waals surface area contributed by atoms with Crippen LogP contribution in [0, 0.1) is 23.0 Å². The fourth-order valence-electron chi connectivity index (χ4n) is 8.52. The first-order chi connectivity index (χ1) is 37.1. The zero-order valence-corrected chi connectivity index (χ0v) is 44.1. The summed E-state index contributed by atoms with van der Waals surface area (Å²) in [5.41, 5.74) is 5.80. The molecule has 10 N–H and O–H groups in total. The Bertz CT molecular complexity index is 2820. The lowest BCUT2D eigenvalue weighted by atomic mass is 9.82. The van der Waals surface area contributed by atoms with Crippen molar-refractivity contribution < 1.29 is 81.6 Å². The lowest BCUT2D eigenvalue weighted by Gasteiger charge is -2.41. The molecule has 0 radical (unpaired) electrons. The Morgan fingerprint density at radius 1 is 0.747 bits per heavy atom. The number of imide groups is 1. The minimum Gasteiger partial charge on any atom is -0.481 e. The van der Waals surface area contributed by atoms with Gasteiger partial charge >= 0.3 is 11.9 Å². The van der Waals surface area contributed by atoms with Crippen LogP contribution >= 0.6 is 0 Å². The SMILES string of the molecule is C[C@H](CC(=O)[C@H](C)NC(=O)CN1C(=O)C=CC1=O)C(=O)N[C@@H](CC(N)=O)C(=O)N[C@@H](CCN(C(=O)CO)[C@@H](c1cc(-c2cc(F)ccc2F)cn1Cc1ccccc1)C(C)(C)C)C(=O)NCCC(=O)N[C@@H](CCC(=O)O)C(=O)O. The number of ketones is 1. The molecular formula is C53H65F2N9O15. The molecule has 0 unspecified atom stereocenters. The third-order valence-electron chi connectivity index (χ3n) is 12.5. The summed E-state index contributed by atoms with van der Waals surface area (Å²) in [6.07, 6.45) is 0.00319. The normalized spacial score (nSPS) is 14.5. The number of aromatic nitrogens is 1.